The first kappa shape index (κ1) is 20.3. The molecule has 0 fully saturated rings. The third-order valence-electron chi connectivity index (χ3n) is 2.84. The van der Waals surface area contributed by atoms with Crippen molar-refractivity contribution in [3.63, 3.8) is 0 Å². The summed E-state index contributed by atoms with van der Waals surface area (Å²) in [6, 6.07) is 8.04. The Labute approximate surface area is 146 Å². The minimum absolute atomic E-state index is 0.0923. The van der Waals surface area contributed by atoms with Gasteiger partial charge in [-0.15, -0.1) is 0 Å². The van der Waals surface area contributed by atoms with Crippen LogP contribution in [0, 0.1) is 0 Å². The fourth-order valence-corrected chi connectivity index (χ4v) is 1.74. The quantitative estimate of drug-likeness (QED) is 0.599. The van der Waals surface area contributed by atoms with Crippen molar-refractivity contribution in [2.24, 2.45) is 0 Å². The van der Waals surface area contributed by atoms with Gasteiger partial charge in [0, 0.05) is 0 Å². The molecule has 1 atom stereocenters. The Bertz CT molecular complexity index is 583. The molecule has 8 nitrogen and oxygen atoms in total. The molecule has 0 saturated heterocycles. The first-order chi connectivity index (χ1) is 11.7. The summed E-state index contributed by atoms with van der Waals surface area (Å²) < 4.78 is 14.7. The Kier molecular flexibility index (Phi) is 7.71. The monoisotopic (exact) mass is 352 g/mol. The zero-order valence-electron chi connectivity index (χ0n) is 14.8. The maximum absolute atomic E-state index is 11.8. The highest BCUT2D eigenvalue weighted by Crippen LogP contribution is 2.07. The van der Waals surface area contributed by atoms with Gasteiger partial charge in [0.05, 0.1) is 13.7 Å². The van der Waals surface area contributed by atoms with E-state index >= 15 is 0 Å². The minimum atomic E-state index is -1.09. The standard InChI is InChI=1S/C17H24N2O6/c1-17(2,3)25-16(22)19-13(14(20)23-4)10-18-15(21)24-11-12-8-6-5-7-9-12/h5-9,13H,10-11H2,1-4H3,(H,18,21)(H,19,22). The molecule has 0 bridgehead atoms. The highest BCUT2D eigenvalue weighted by atomic mass is 16.6. The van der Waals surface area contributed by atoms with E-state index in [1.54, 1.807) is 20.8 Å². The van der Waals surface area contributed by atoms with Crippen LogP contribution in [0.2, 0.25) is 0 Å². The number of amides is 2. The van der Waals surface area contributed by atoms with Crippen molar-refractivity contribution in [1.82, 2.24) is 10.6 Å². The molecule has 2 amide bonds. The highest BCUT2D eigenvalue weighted by molar-refractivity contribution is 5.82. The lowest BCUT2D eigenvalue weighted by atomic mass is 10.2. The van der Waals surface area contributed by atoms with E-state index in [-0.39, 0.29) is 13.2 Å². The van der Waals surface area contributed by atoms with Crippen molar-refractivity contribution < 1.29 is 28.6 Å². The van der Waals surface area contributed by atoms with Crippen LogP contribution in [0.5, 0.6) is 0 Å². The van der Waals surface area contributed by atoms with E-state index in [9.17, 15) is 14.4 Å². The third-order valence-corrected chi connectivity index (χ3v) is 2.84. The van der Waals surface area contributed by atoms with Crippen LogP contribution in [0.3, 0.4) is 0 Å². The van der Waals surface area contributed by atoms with Crippen LogP contribution in [0.4, 0.5) is 9.59 Å². The van der Waals surface area contributed by atoms with Gasteiger partial charge in [-0.2, -0.15) is 0 Å². The van der Waals surface area contributed by atoms with E-state index in [1.165, 1.54) is 7.11 Å². The van der Waals surface area contributed by atoms with Gasteiger partial charge in [-0.25, -0.2) is 14.4 Å². The lowest BCUT2D eigenvalue weighted by molar-refractivity contribution is -0.142. The molecule has 25 heavy (non-hydrogen) atoms. The van der Waals surface area contributed by atoms with Gasteiger partial charge in [0.25, 0.3) is 0 Å². The maximum Gasteiger partial charge on any atom is 0.408 e. The normalized spacial score (nSPS) is 11.8. The van der Waals surface area contributed by atoms with E-state index in [0.717, 1.165) is 5.56 Å². The number of hydrogen-bond donors (Lipinski definition) is 2. The molecule has 1 aromatic rings. The number of nitrogens with one attached hydrogen (secondary N) is 2. The van der Waals surface area contributed by atoms with Crippen molar-refractivity contribution in [2.45, 2.75) is 39.0 Å². The van der Waals surface area contributed by atoms with Crippen molar-refractivity contribution in [3.8, 4) is 0 Å². The summed E-state index contributed by atoms with van der Waals surface area (Å²) >= 11 is 0. The predicted molar refractivity (Wildman–Crippen MR) is 89.8 cm³/mol. The van der Waals surface area contributed by atoms with E-state index < -0.39 is 29.8 Å². The van der Waals surface area contributed by atoms with E-state index in [2.05, 4.69) is 15.4 Å². The molecule has 0 aliphatic heterocycles. The van der Waals surface area contributed by atoms with Crippen molar-refractivity contribution in [2.75, 3.05) is 13.7 Å². The molecule has 138 valence electrons. The van der Waals surface area contributed by atoms with Gasteiger partial charge in [0.2, 0.25) is 0 Å². The largest absolute Gasteiger partial charge is 0.467 e. The molecule has 0 heterocycles. The number of esters is 1. The van der Waals surface area contributed by atoms with E-state index in [4.69, 9.17) is 9.47 Å². The van der Waals surface area contributed by atoms with Crippen LogP contribution >= 0.6 is 0 Å². The second-order valence-corrected chi connectivity index (χ2v) is 6.16. The molecule has 0 aliphatic rings. The molecule has 0 radical (unpaired) electrons. The van der Waals surface area contributed by atoms with Gasteiger partial charge in [-0.3, -0.25) is 0 Å². The van der Waals surface area contributed by atoms with Crippen molar-refractivity contribution >= 4 is 18.2 Å². The fourth-order valence-electron chi connectivity index (χ4n) is 1.74. The molecular weight excluding hydrogens is 328 g/mol. The summed E-state index contributed by atoms with van der Waals surface area (Å²) in [5.41, 5.74) is 0.112. The topological polar surface area (TPSA) is 103 Å². The number of rotatable bonds is 6. The number of benzene rings is 1. The molecular formula is C17H24N2O6. The summed E-state index contributed by atoms with van der Waals surface area (Å²) in [5.74, 6) is -0.714. The molecule has 8 heteroatoms. The van der Waals surface area contributed by atoms with Crippen LogP contribution in [0.25, 0.3) is 0 Å². The smallest absolute Gasteiger partial charge is 0.408 e. The lowest BCUT2D eigenvalue weighted by Gasteiger charge is -2.22. The van der Waals surface area contributed by atoms with Crippen LogP contribution in [-0.4, -0.2) is 43.5 Å². The molecule has 1 rings (SSSR count). The summed E-state index contributed by atoms with van der Waals surface area (Å²) in [4.78, 5) is 35.2. The molecule has 1 unspecified atom stereocenters. The first-order valence-corrected chi connectivity index (χ1v) is 7.73. The van der Waals surface area contributed by atoms with Gasteiger partial charge in [-0.1, -0.05) is 30.3 Å². The van der Waals surface area contributed by atoms with Gasteiger partial charge in [0.15, 0.2) is 0 Å². The Morgan fingerprint density at radius 3 is 2.28 bits per heavy atom. The Balaban J connectivity index is 2.48. The number of methoxy groups -OCH3 is 1. The number of ether oxygens (including phenoxy) is 3. The van der Waals surface area contributed by atoms with Crippen LogP contribution in [0.15, 0.2) is 30.3 Å². The third kappa shape index (κ3) is 8.59. The second-order valence-electron chi connectivity index (χ2n) is 6.16. The minimum Gasteiger partial charge on any atom is -0.467 e. The fraction of sp³-hybridized carbons (Fsp3) is 0.471. The molecule has 1 aromatic carbocycles. The van der Waals surface area contributed by atoms with E-state index in [1.807, 2.05) is 30.3 Å². The van der Waals surface area contributed by atoms with Crippen LogP contribution in [-0.2, 0) is 25.6 Å². The van der Waals surface area contributed by atoms with Gasteiger partial charge in [-0.05, 0) is 26.3 Å². The molecule has 0 aliphatic carbocycles. The maximum atomic E-state index is 11.8. The van der Waals surface area contributed by atoms with E-state index in [0.29, 0.717) is 0 Å². The SMILES string of the molecule is COC(=O)C(CNC(=O)OCc1ccccc1)NC(=O)OC(C)(C)C. The van der Waals surface area contributed by atoms with Crippen molar-refractivity contribution in [1.29, 1.82) is 0 Å². The zero-order chi connectivity index (χ0) is 18.9. The van der Waals surface area contributed by atoms with Crippen LogP contribution in [0.1, 0.15) is 26.3 Å². The number of alkyl carbamates (subject to hydrolysis) is 2. The zero-order valence-corrected chi connectivity index (χ0v) is 14.8. The van der Waals surface area contributed by atoms with Crippen LogP contribution < -0.4 is 10.6 Å². The average Bonchev–Trinajstić information content (AvgIpc) is 2.55. The Hall–Kier alpha value is -2.77. The van der Waals surface area contributed by atoms with Gasteiger partial charge >= 0.3 is 18.2 Å². The first-order valence-electron chi connectivity index (χ1n) is 7.73. The summed E-state index contributed by atoms with van der Waals surface area (Å²) in [7, 11) is 1.18. The molecule has 0 spiro atoms. The molecule has 0 saturated carbocycles. The van der Waals surface area contributed by atoms with Crippen molar-refractivity contribution in [3.05, 3.63) is 35.9 Å². The predicted octanol–water partition coefficient (Wildman–Crippen LogP) is 1.98. The van der Waals surface area contributed by atoms with Gasteiger partial charge < -0.3 is 24.8 Å². The number of carbonyl (C=O) groups excluding carboxylic acids is 3. The lowest BCUT2D eigenvalue weighted by Crippen LogP contribution is -2.50. The Morgan fingerprint density at radius 2 is 1.72 bits per heavy atom. The molecule has 0 aromatic heterocycles. The van der Waals surface area contributed by atoms with Gasteiger partial charge in [0.1, 0.15) is 18.2 Å². The second kappa shape index (κ2) is 9.51. The average molecular weight is 352 g/mol. The summed E-state index contributed by atoms with van der Waals surface area (Å²) in [6.45, 7) is 4.98. The highest BCUT2D eigenvalue weighted by Gasteiger charge is 2.25. The summed E-state index contributed by atoms with van der Waals surface area (Å²) in [6.07, 6.45) is -1.51. The molecule has 2 N–H and O–H groups in total. The summed E-state index contributed by atoms with van der Waals surface area (Å²) in [5, 5.41) is 4.75. The Morgan fingerprint density at radius 1 is 1.08 bits per heavy atom. The number of carbonyl (C=O) groups is 3. The number of hydrogen-bond acceptors (Lipinski definition) is 6.